The van der Waals surface area contributed by atoms with Crippen molar-refractivity contribution in [3.05, 3.63) is 22.4 Å². The van der Waals surface area contributed by atoms with E-state index in [1.807, 2.05) is 17.5 Å². The van der Waals surface area contributed by atoms with Crippen LogP contribution in [-0.4, -0.2) is 26.2 Å². The Morgan fingerprint density at radius 3 is 3.06 bits per heavy atom. The molecule has 0 bridgehead atoms. The molecule has 1 aromatic rings. The summed E-state index contributed by atoms with van der Waals surface area (Å²) in [6.07, 6.45) is 1.86. The van der Waals surface area contributed by atoms with Gasteiger partial charge in [-0.15, -0.1) is 11.3 Å². The molecule has 1 heterocycles. The first-order chi connectivity index (χ1) is 7.75. The Balaban J connectivity index is 2.20. The molecule has 1 unspecified atom stereocenters. The Morgan fingerprint density at radius 1 is 1.62 bits per heavy atom. The number of hydrogen-bond acceptors (Lipinski definition) is 4. The summed E-state index contributed by atoms with van der Waals surface area (Å²) in [5, 5.41) is 4.73. The highest BCUT2D eigenvalue weighted by Crippen LogP contribution is 2.16. The molecular formula is C11H18N2O2S. The van der Waals surface area contributed by atoms with Crippen molar-refractivity contribution in [2.75, 3.05) is 20.3 Å². The largest absolute Gasteiger partial charge is 0.385 e. The van der Waals surface area contributed by atoms with E-state index in [0.29, 0.717) is 6.54 Å². The molecule has 1 amide bonds. The van der Waals surface area contributed by atoms with E-state index in [9.17, 15) is 4.79 Å². The summed E-state index contributed by atoms with van der Waals surface area (Å²) in [7, 11) is 1.67. The molecule has 16 heavy (non-hydrogen) atoms. The number of amides is 1. The van der Waals surface area contributed by atoms with Gasteiger partial charge in [0.25, 0.3) is 0 Å². The second-order valence-electron chi connectivity index (χ2n) is 3.48. The van der Waals surface area contributed by atoms with Crippen LogP contribution in [0.2, 0.25) is 0 Å². The van der Waals surface area contributed by atoms with Crippen LogP contribution in [-0.2, 0) is 9.53 Å². The Hall–Kier alpha value is -0.910. The van der Waals surface area contributed by atoms with E-state index in [0.717, 1.165) is 24.3 Å². The van der Waals surface area contributed by atoms with Gasteiger partial charge in [-0.25, -0.2) is 0 Å². The quantitative estimate of drug-likeness (QED) is 0.708. The third kappa shape index (κ3) is 4.30. The highest BCUT2D eigenvalue weighted by molar-refractivity contribution is 7.10. The lowest BCUT2D eigenvalue weighted by Crippen LogP contribution is -2.34. The number of carbonyl (C=O) groups is 1. The van der Waals surface area contributed by atoms with Gasteiger partial charge in [0.1, 0.15) is 6.04 Å². The summed E-state index contributed by atoms with van der Waals surface area (Å²) < 4.78 is 4.92. The summed E-state index contributed by atoms with van der Waals surface area (Å²) in [4.78, 5) is 12.5. The molecule has 0 fully saturated rings. The SMILES string of the molecule is COCCCCNC(=O)C(N)c1cccs1. The van der Waals surface area contributed by atoms with Crippen LogP contribution in [0.1, 0.15) is 23.8 Å². The predicted molar refractivity (Wildman–Crippen MR) is 65.4 cm³/mol. The molecule has 5 heteroatoms. The normalized spacial score (nSPS) is 12.4. The second-order valence-corrected chi connectivity index (χ2v) is 4.46. The molecule has 90 valence electrons. The summed E-state index contributed by atoms with van der Waals surface area (Å²) in [6.45, 7) is 1.38. The van der Waals surface area contributed by atoms with Crippen LogP contribution in [0.4, 0.5) is 0 Å². The van der Waals surface area contributed by atoms with Crippen LogP contribution in [0.15, 0.2) is 17.5 Å². The maximum absolute atomic E-state index is 11.6. The highest BCUT2D eigenvalue weighted by atomic mass is 32.1. The van der Waals surface area contributed by atoms with Gasteiger partial charge in [0, 0.05) is 25.1 Å². The van der Waals surface area contributed by atoms with Crippen LogP contribution >= 0.6 is 11.3 Å². The third-order valence-electron chi connectivity index (χ3n) is 2.21. The van der Waals surface area contributed by atoms with Crippen molar-refractivity contribution in [3.63, 3.8) is 0 Å². The van der Waals surface area contributed by atoms with E-state index >= 15 is 0 Å². The third-order valence-corrected chi connectivity index (χ3v) is 3.16. The molecule has 3 N–H and O–H groups in total. The Labute approximate surface area is 99.8 Å². The van der Waals surface area contributed by atoms with E-state index in [1.54, 1.807) is 7.11 Å². The molecule has 0 saturated heterocycles. The molecule has 0 spiro atoms. The lowest BCUT2D eigenvalue weighted by Gasteiger charge is -2.10. The minimum Gasteiger partial charge on any atom is -0.385 e. The van der Waals surface area contributed by atoms with Crippen molar-refractivity contribution in [2.45, 2.75) is 18.9 Å². The van der Waals surface area contributed by atoms with Crippen molar-refractivity contribution >= 4 is 17.2 Å². The maximum atomic E-state index is 11.6. The molecule has 1 atom stereocenters. The van der Waals surface area contributed by atoms with Gasteiger partial charge in [0.05, 0.1) is 0 Å². The van der Waals surface area contributed by atoms with Gasteiger partial charge in [0.15, 0.2) is 0 Å². The average molecular weight is 242 g/mol. The molecule has 0 aliphatic heterocycles. The van der Waals surface area contributed by atoms with E-state index in [1.165, 1.54) is 11.3 Å². The molecule has 4 nitrogen and oxygen atoms in total. The fraction of sp³-hybridized carbons (Fsp3) is 0.545. The zero-order valence-corrected chi connectivity index (χ0v) is 10.3. The molecule has 0 saturated carbocycles. The lowest BCUT2D eigenvalue weighted by molar-refractivity contribution is -0.122. The van der Waals surface area contributed by atoms with Gasteiger partial charge in [-0.3, -0.25) is 4.79 Å². The topological polar surface area (TPSA) is 64.3 Å². The lowest BCUT2D eigenvalue weighted by atomic mass is 10.2. The van der Waals surface area contributed by atoms with Crippen molar-refractivity contribution in [3.8, 4) is 0 Å². The van der Waals surface area contributed by atoms with Gasteiger partial charge < -0.3 is 15.8 Å². The highest BCUT2D eigenvalue weighted by Gasteiger charge is 2.15. The van der Waals surface area contributed by atoms with E-state index in [2.05, 4.69) is 5.32 Å². The van der Waals surface area contributed by atoms with Gasteiger partial charge >= 0.3 is 0 Å². The van der Waals surface area contributed by atoms with Gasteiger partial charge in [-0.05, 0) is 24.3 Å². The van der Waals surface area contributed by atoms with Gasteiger partial charge in [-0.1, -0.05) is 6.07 Å². The number of thiophene rings is 1. The summed E-state index contributed by atoms with van der Waals surface area (Å²) >= 11 is 1.50. The molecule has 0 aromatic carbocycles. The number of rotatable bonds is 7. The van der Waals surface area contributed by atoms with Crippen LogP contribution in [0, 0.1) is 0 Å². The van der Waals surface area contributed by atoms with Crippen LogP contribution in [0.3, 0.4) is 0 Å². The molecule has 0 aliphatic carbocycles. The molecular weight excluding hydrogens is 224 g/mol. The molecule has 0 aliphatic rings. The van der Waals surface area contributed by atoms with E-state index in [-0.39, 0.29) is 5.91 Å². The standard InChI is InChI=1S/C11H18N2O2S/c1-15-7-3-2-6-13-11(14)10(12)9-5-4-8-16-9/h4-5,8,10H,2-3,6-7,12H2,1H3,(H,13,14). The number of unbranched alkanes of at least 4 members (excludes halogenated alkanes) is 1. The van der Waals surface area contributed by atoms with E-state index in [4.69, 9.17) is 10.5 Å². The first-order valence-electron chi connectivity index (χ1n) is 5.31. The Morgan fingerprint density at radius 2 is 2.44 bits per heavy atom. The summed E-state index contributed by atoms with van der Waals surface area (Å²) in [5.74, 6) is -0.111. The second kappa shape index (κ2) is 7.38. The minimum atomic E-state index is -0.539. The van der Waals surface area contributed by atoms with Crippen LogP contribution < -0.4 is 11.1 Å². The smallest absolute Gasteiger partial charge is 0.242 e. The van der Waals surface area contributed by atoms with Crippen LogP contribution in [0.25, 0.3) is 0 Å². The van der Waals surface area contributed by atoms with Gasteiger partial charge in [-0.2, -0.15) is 0 Å². The van der Waals surface area contributed by atoms with Crippen LogP contribution in [0.5, 0.6) is 0 Å². The summed E-state index contributed by atoms with van der Waals surface area (Å²) in [6, 6.07) is 3.23. The van der Waals surface area contributed by atoms with E-state index < -0.39 is 6.04 Å². The minimum absolute atomic E-state index is 0.111. The monoisotopic (exact) mass is 242 g/mol. The number of ether oxygens (including phenoxy) is 1. The zero-order valence-electron chi connectivity index (χ0n) is 9.44. The maximum Gasteiger partial charge on any atom is 0.242 e. The van der Waals surface area contributed by atoms with Crippen molar-refractivity contribution in [2.24, 2.45) is 5.73 Å². The average Bonchev–Trinajstić information content (AvgIpc) is 2.81. The number of carbonyl (C=O) groups excluding carboxylic acids is 1. The van der Waals surface area contributed by atoms with Crippen molar-refractivity contribution in [1.82, 2.24) is 5.32 Å². The number of methoxy groups -OCH3 is 1. The first kappa shape index (κ1) is 13.2. The first-order valence-corrected chi connectivity index (χ1v) is 6.19. The number of hydrogen-bond donors (Lipinski definition) is 2. The predicted octanol–water partition coefficient (Wildman–Crippen LogP) is 1.29. The zero-order chi connectivity index (χ0) is 11.8. The Kier molecular flexibility index (Phi) is 6.07. The van der Waals surface area contributed by atoms with Crippen molar-refractivity contribution < 1.29 is 9.53 Å². The van der Waals surface area contributed by atoms with Gasteiger partial charge in [0.2, 0.25) is 5.91 Å². The number of nitrogens with one attached hydrogen (secondary N) is 1. The molecule has 1 rings (SSSR count). The van der Waals surface area contributed by atoms with Crippen molar-refractivity contribution in [1.29, 1.82) is 0 Å². The Bertz CT molecular complexity index is 301. The molecule has 0 radical (unpaired) electrons. The fourth-order valence-corrected chi connectivity index (χ4v) is 2.02. The fourth-order valence-electron chi connectivity index (χ4n) is 1.29. The molecule has 1 aromatic heterocycles. The summed E-state index contributed by atoms with van der Waals surface area (Å²) in [5.41, 5.74) is 5.80. The number of nitrogens with two attached hydrogens (primary N) is 1.